The molecule has 3 aliphatic rings. The molecule has 0 aromatic rings. The minimum atomic E-state index is 0.587. The van der Waals surface area contributed by atoms with Crippen molar-refractivity contribution in [3.63, 3.8) is 0 Å². The van der Waals surface area contributed by atoms with E-state index >= 15 is 0 Å². The molecule has 22 heavy (non-hydrogen) atoms. The molecule has 2 atom stereocenters. The molecule has 0 radical (unpaired) electrons. The molecule has 0 heterocycles. The number of rotatable bonds is 10. The Bertz CT molecular complexity index is 377. The van der Waals surface area contributed by atoms with Gasteiger partial charge in [0.05, 0.1) is 20.6 Å². The molecule has 3 aliphatic carbocycles. The van der Waals surface area contributed by atoms with E-state index in [1.54, 1.807) is 5.57 Å². The summed E-state index contributed by atoms with van der Waals surface area (Å²) in [6.45, 7) is 9.92. The molecule has 1 saturated carbocycles. The first kappa shape index (κ1) is 18.0. The first-order valence-corrected chi connectivity index (χ1v) is 9.88. The van der Waals surface area contributed by atoms with Crippen LogP contribution < -0.4 is 0 Å². The van der Waals surface area contributed by atoms with Gasteiger partial charge < -0.3 is 4.48 Å². The van der Waals surface area contributed by atoms with Crippen LogP contribution in [0, 0.1) is 17.3 Å². The standard InChI is InChI=1S/C21H40N/c1-6-7-8-9-10-11-12-15-22(4,5)17-18-13-14-19-16-20(18)21(19,2)3/h13,19-20H,6-12,14-17H2,1-5H3/q+1/t19-,20+/m0/s1. The van der Waals surface area contributed by atoms with Crippen LogP contribution >= 0.6 is 0 Å². The van der Waals surface area contributed by atoms with Gasteiger partial charge in [0.1, 0.15) is 6.54 Å². The Morgan fingerprint density at radius 2 is 1.68 bits per heavy atom. The van der Waals surface area contributed by atoms with Gasteiger partial charge in [0.2, 0.25) is 0 Å². The fraction of sp³-hybridized carbons (Fsp3) is 0.905. The van der Waals surface area contributed by atoms with Gasteiger partial charge >= 0.3 is 0 Å². The second-order valence-corrected chi connectivity index (χ2v) is 9.26. The lowest BCUT2D eigenvalue weighted by atomic mass is 9.49. The first-order chi connectivity index (χ1) is 10.4. The molecule has 2 bridgehead atoms. The SMILES string of the molecule is CCCCCCCCC[N+](C)(C)CC1=CC[C@H]2C[C@H]1C2(C)C. The van der Waals surface area contributed by atoms with Gasteiger partial charge in [-0.1, -0.05) is 59.0 Å². The van der Waals surface area contributed by atoms with Crippen molar-refractivity contribution < 1.29 is 4.48 Å². The van der Waals surface area contributed by atoms with E-state index in [1.807, 2.05) is 0 Å². The number of likely N-dealkylation sites (N-methyl/N-ethyl adjacent to an activating group) is 1. The maximum absolute atomic E-state index is 2.59. The van der Waals surface area contributed by atoms with Crippen LogP contribution in [0.3, 0.4) is 0 Å². The molecule has 0 aliphatic heterocycles. The summed E-state index contributed by atoms with van der Waals surface area (Å²) in [6.07, 6.45) is 15.4. The Balaban J connectivity index is 1.67. The molecule has 0 amide bonds. The summed E-state index contributed by atoms with van der Waals surface area (Å²) in [6, 6.07) is 0. The highest BCUT2D eigenvalue weighted by Gasteiger charge is 2.51. The van der Waals surface area contributed by atoms with Crippen LogP contribution in [0.15, 0.2) is 11.6 Å². The van der Waals surface area contributed by atoms with Crippen molar-refractivity contribution >= 4 is 0 Å². The smallest absolute Gasteiger partial charge is 0.100 e. The minimum absolute atomic E-state index is 0.587. The van der Waals surface area contributed by atoms with Gasteiger partial charge in [0, 0.05) is 0 Å². The average Bonchev–Trinajstić information content (AvgIpc) is 2.45. The van der Waals surface area contributed by atoms with E-state index in [0.717, 1.165) is 11.8 Å². The van der Waals surface area contributed by atoms with Gasteiger partial charge in [-0.05, 0) is 48.5 Å². The van der Waals surface area contributed by atoms with Gasteiger partial charge in [0.25, 0.3) is 0 Å². The van der Waals surface area contributed by atoms with Crippen molar-refractivity contribution in [2.24, 2.45) is 17.3 Å². The van der Waals surface area contributed by atoms with Crippen LogP contribution in [0.1, 0.15) is 78.6 Å². The third-order valence-electron chi connectivity index (χ3n) is 6.56. The average molecular weight is 307 g/mol. The van der Waals surface area contributed by atoms with Gasteiger partial charge in [-0.15, -0.1) is 0 Å². The summed E-state index contributed by atoms with van der Waals surface area (Å²) in [7, 11) is 4.88. The number of allylic oxidation sites excluding steroid dienone is 1. The third kappa shape index (κ3) is 4.37. The number of hydrogen-bond acceptors (Lipinski definition) is 0. The fourth-order valence-electron chi connectivity index (χ4n) is 4.73. The van der Waals surface area contributed by atoms with E-state index in [9.17, 15) is 0 Å². The zero-order valence-electron chi connectivity index (χ0n) is 16.0. The molecule has 0 unspecified atom stereocenters. The molecular formula is C21H40N+. The number of quaternary nitrogens is 1. The largest absolute Gasteiger partial charge is 0.325 e. The predicted molar refractivity (Wildman–Crippen MR) is 97.9 cm³/mol. The summed E-state index contributed by atoms with van der Waals surface area (Å²) in [4.78, 5) is 0. The number of hydrogen-bond donors (Lipinski definition) is 0. The number of fused-ring (bicyclic) bond motifs is 1. The summed E-state index contributed by atoms with van der Waals surface area (Å²) in [5, 5.41) is 0. The van der Waals surface area contributed by atoms with Gasteiger partial charge in [-0.2, -0.15) is 0 Å². The van der Waals surface area contributed by atoms with Crippen molar-refractivity contribution in [3.05, 3.63) is 11.6 Å². The summed E-state index contributed by atoms with van der Waals surface area (Å²) < 4.78 is 1.19. The minimum Gasteiger partial charge on any atom is -0.325 e. The maximum Gasteiger partial charge on any atom is 0.100 e. The first-order valence-electron chi connectivity index (χ1n) is 9.88. The molecule has 1 heteroatoms. The second kappa shape index (κ2) is 7.51. The van der Waals surface area contributed by atoms with E-state index in [2.05, 4.69) is 40.9 Å². The topological polar surface area (TPSA) is 0 Å². The van der Waals surface area contributed by atoms with Crippen molar-refractivity contribution in [3.8, 4) is 0 Å². The normalized spacial score (nSPS) is 26.5. The molecule has 0 aromatic heterocycles. The third-order valence-corrected chi connectivity index (χ3v) is 6.56. The maximum atomic E-state index is 2.59. The highest BCUT2D eigenvalue weighted by Crippen LogP contribution is 2.59. The molecule has 128 valence electrons. The highest BCUT2D eigenvalue weighted by atomic mass is 15.3. The van der Waals surface area contributed by atoms with Crippen molar-refractivity contribution in [1.29, 1.82) is 0 Å². The molecule has 3 rings (SSSR count). The van der Waals surface area contributed by atoms with Crippen molar-refractivity contribution in [2.75, 3.05) is 27.2 Å². The molecule has 1 fully saturated rings. The van der Waals surface area contributed by atoms with Crippen LogP contribution in [-0.4, -0.2) is 31.7 Å². The second-order valence-electron chi connectivity index (χ2n) is 9.26. The summed E-state index contributed by atoms with van der Waals surface area (Å²) in [5.74, 6) is 1.86. The van der Waals surface area contributed by atoms with E-state index in [0.29, 0.717) is 5.41 Å². The molecule has 0 saturated heterocycles. The van der Waals surface area contributed by atoms with Crippen molar-refractivity contribution in [2.45, 2.75) is 78.6 Å². The summed E-state index contributed by atoms with van der Waals surface area (Å²) in [5.41, 5.74) is 2.36. The Morgan fingerprint density at radius 1 is 1.05 bits per heavy atom. The van der Waals surface area contributed by atoms with Gasteiger partial charge in [-0.25, -0.2) is 0 Å². The van der Waals surface area contributed by atoms with E-state index in [1.165, 1.54) is 75.4 Å². The van der Waals surface area contributed by atoms with Crippen LogP contribution in [0.25, 0.3) is 0 Å². The van der Waals surface area contributed by atoms with Crippen LogP contribution in [0.4, 0.5) is 0 Å². The van der Waals surface area contributed by atoms with Crippen LogP contribution in [0.2, 0.25) is 0 Å². The fourth-order valence-corrected chi connectivity index (χ4v) is 4.73. The molecule has 0 spiro atoms. The molecule has 1 nitrogen and oxygen atoms in total. The summed E-state index contributed by atoms with van der Waals surface area (Å²) >= 11 is 0. The van der Waals surface area contributed by atoms with Crippen LogP contribution in [0.5, 0.6) is 0 Å². The van der Waals surface area contributed by atoms with Gasteiger partial charge in [-0.3, -0.25) is 0 Å². The lowest BCUT2D eigenvalue weighted by Crippen LogP contribution is -2.52. The Hall–Kier alpha value is -0.300. The predicted octanol–water partition coefficient (Wildman–Crippen LogP) is 5.81. The Kier molecular flexibility index (Phi) is 6.16. The zero-order chi connectivity index (χ0) is 16.2. The zero-order valence-corrected chi connectivity index (χ0v) is 16.0. The lowest BCUT2D eigenvalue weighted by molar-refractivity contribution is -0.886. The molecule has 0 N–H and O–H groups in total. The lowest BCUT2D eigenvalue weighted by Gasteiger charge is -2.57. The molecular weight excluding hydrogens is 266 g/mol. The Labute approximate surface area is 139 Å². The van der Waals surface area contributed by atoms with E-state index in [4.69, 9.17) is 0 Å². The Morgan fingerprint density at radius 3 is 2.27 bits per heavy atom. The quantitative estimate of drug-likeness (QED) is 0.271. The highest BCUT2D eigenvalue weighted by molar-refractivity contribution is 5.23. The van der Waals surface area contributed by atoms with Gasteiger partial charge in [0.15, 0.2) is 0 Å². The number of nitrogens with zero attached hydrogens (tertiary/aromatic N) is 1. The van der Waals surface area contributed by atoms with Crippen molar-refractivity contribution in [1.82, 2.24) is 0 Å². The van der Waals surface area contributed by atoms with Crippen LogP contribution in [-0.2, 0) is 0 Å². The van der Waals surface area contributed by atoms with E-state index in [-0.39, 0.29) is 0 Å². The number of unbranched alkanes of at least 4 members (excludes halogenated alkanes) is 6. The molecule has 0 aromatic carbocycles. The van der Waals surface area contributed by atoms with E-state index < -0.39 is 0 Å². The monoisotopic (exact) mass is 306 g/mol.